The van der Waals surface area contributed by atoms with Crippen LogP contribution in [0.1, 0.15) is 32.0 Å². The van der Waals surface area contributed by atoms with Crippen LogP contribution in [0.2, 0.25) is 5.02 Å². The van der Waals surface area contributed by atoms with E-state index in [4.69, 9.17) is 21.4 Å². The lowest BCUT2D eigenvalue weighted by Crippen LogP contribution is -2.32. The average Bonchev–Trinajstić information content (AvgIpc) is 3.28. The summed E-state index contributed by atoms with van der Waals surface area (Å²) < 4.78 is 34.7. The molecule has 1 aliphatic rings. The third-order valence-electron chi connectivity index (χ3n) is 5.19. The summed E-state index contributed by atoms with van der Waals surface area (Å²) in [6.45, 7) is 6.43. The Morgan fingerprint density at radius 2 is 1.80 bits per heavy atom. The van der Waals surface area contributed by atoms with Crippen molar-refractivity contribution in [1.29, 1.82) is 0 Å². The summed E-state index contributed by atoms with van der Waals surface area (Å²) in [6, 6.07) is 15.2. The zero-order valence-electron chi connectivity index (χ0n) is 17.2. The molecule has 4 rings (SSSR count). The van der Waals surface area contributed by atoms with Gasteiger partial charge in [0.2, 0.25) is 10.0 Å². The van der Waals surface area contributed by atoms with Crippen molar-refractivity contribution < 1.29 is 13.2 Å². The smallest absolute Gasteiger partial charge is 0.217 e. The Morgan fingerprint density at radius 3 is 2.47 bits per heavy atom. The van der Waals surface area contributed by atoms with Crippen molar-refractivity contribution in [3.8, 4) is 22.7 Å². The number of aromatic nitrogens is 2. The second-order valence-electron chi connectivity index (χ2n) is 7.46. The minimum atomic E-state index is -3.38. The zero-order chi connectivity index (χ0) is 21.5. The Labute approximate surface area is 182 Å². The van der Waals surface area contributed by atoms with Crippen molar-refractivity contribution in [2.45, 2.75) is 39.1 Å². The van der Waals surface area contributed by atoms with Gasteiger partial charge in [0.1, 0.15) is 11.4 Å². The minimum Gasteiger partial charge on any atom is -0.492 e. The molecule has 2 heterocycles. The van der Waals surface area contributed by atoms with Crippen molar-refractivity contribution in [3.05, 3.63) is 64.8 Å². The van der Waals surface area contributed by atoms with Crippen molar-refractivity contribution in [3.63, 3.8) is 0 Å². The quantitative estimate of drug-likeness (QED) is 0.554. The number of benzene rings is 2. The van der Waals surface area contributed by atoms with Gasteiger partial charge in [0.25, 0.3) is 0 Å². The third-order valence-corrected chi connectivity index (χ3v) is 7.62. The van der Waals surface area contributed by atoms with Crippen LogP contribution in [0.15, 0.2) is 48.5 Å². The first kappa shape index (κ1) is 20.9. The zero-order valence-corrected chi connectivity index (χ0v) is 18.7. The SMILES string of the molecule is CCOc1ccccc1-n1nc2c(c1-c1ccc(Cl)cc1)CN(S(=O)(=O)C(C)C)C2. The molecule has 1 aromatic heterocycles. The van der Waals surface area contributed by atoms with Gasteiger partial charge in [-0.1, -0.05) is 35.9 Å². The fourth-order valence-corrected chi connectivity index (χ4v) is 4.99. The third kappa shape index (κ3) is 3.62. The van der Waals surface area contributed by atoms with Gasteiger partial charge in [-0.3, -0.25) is 0 Å². The second-order valence-corrected chi connectivity index (χ2v) is 10.4. The molecular weight excluding hydrogens is 422 g/mol. The Morgan fingerprint density at radius 1 is 1.10 bits per heavy atom. The molecule has 0 fully saturated rings. The lowest BCUT2D eigenvalue weighted by atomic mass is 10.1. The summed E-state index contributed by atoms with van der Waals surface area (Å²) >= 11 is 6.10. The molecule has 0 spiro atoms. The molecule has 158 valence electrons. The summed E-state index contributed by atoms with van der Waals surface area (Å²) in [4.78, 5) is 0. The highest BCUT2D eigenvalue weighted by molar-refractivity contribution is 7.89. The predicted octanol–water partition coefficient (Wildman–Crippen LogP) is 4.65. The number of halogens is 1. The first-order valence-corrected chi connectivity index (χ1v) is 11.8. The highest BCUT2D eigenvalue weighted by Crippen LogP contribution is 2.38. The molecule has 0 amide bonds. The number of ether oxygens (including phenoxy) is 1. The van der Waals surface area contributed by atoms with E-state index in [0.29, 0.717) is 18.2 Å². The molecule has 0 saturated carbocycles. The van der Waals surface area contributed by atoms with Crippen LogP contribution in [-0.2, 0) is 23.1 Å². The summed E-state index contributed by atoms with van der Waals surface area (Å²) in [7, 11) is -3.38. The van der Waals surface area contributed by atoms with E-state index in [0.717, 1.165) is 34.0 Å². The monoisotopic (exact) mass is 445 g/mol. The van der Waals surface area contributed by atoms with E-state index >= 15 is 0 Å². The van der Waals surface area contributed by atoms with Gasteiger partial charge in [-0.2, -0.15) is 9.40 Å². The number of hydrogen-bond donors (Lipinski definition) is 0. The molecule has 6 nitrogen and oxygen atoms in total. The normalized spacial score (nSPS) is 14.3. The molecule has 1 aliphatic heterocycles. The van der Waals surface area contributed by atoms with Crippen molar-refractivity contribution >= 4 is 21.6 Å². The first-order valence-electron chi connectivity index (χ1n) is 9.90. The number of fused-ring (bicyclic) bond motifs is 1. The maximum atomic E-state index is 12.7. The van der Waals surface area contributed by atoms with Crippen LogP contribution >= 0.6 is 11.6 Å². The molecular formula is C22H24ClN3O3S. The van der Waals surface area contributed by atoms with E-state index in [9.17, 15) is 8.42 Å². The molecule has 8 heteroatoms. The Kier molecular flexibility index (Phi) is 5.61. The molecule has 3 aromatic rings. The molecule has 0 N–H and O–H groups in total. The fraction of sp³-hybridized carbons (Fsp3) is 0.318. The van der Waals surface area contributed by atoms with Gasteiger partial charge in [0, 0.05) is 22.7 Å². The van der Waals surface area contributed by atoms with Gasteiger partial charge in [0.05, 0.1) is 29.8 Å². The topological polar surface area (TPSA) is 64.4 Å². The van der Waals surface area contributed by atoms with Gasteiger partial charge in [-0.15, -0.1) is 0 Å². The van der Waals surface area contributed by atoms with E-state index in [-0.39, 0.29) is 6.54 Å². The second kappa shape index (κ2) is 8.06. The summed E-state index contributed by atoms with van der Waals surface area (Å²) in [5, 5.41) is 4.98. The van der Waals surface area contributed by atoms with Crippen LogP contribution in [0.4, 0.5) is 0 Å². The maximum Gasteiger partial charge on any atom is 0.217 e. The van der Waals surface area contributed by atoms with E-state index < -0.39 is 15.3 Å². The molecule has 0 aliphatic carbocycles. The van der Waals surface area contributed by atoms with Crippen LogP contribution < -0.4 is 4.74 Å². The predicted molar refractivity (Wildman–Crippen MR) is 118 cm³/mol. The van der Waals surface area contributed by atoms with Crippen LogP contribution in [0, 0.1) is 0 Å². The van der Waals surface area contributed by atoms with E-state index in [2.05, 4.69) is 0 Å². The molecule has 0 radical (unpaired) electrons. The largest absolute Gasteiger partial charge is 0.492 e. The Hall–Kier alpha value is -2.35. The van der Waals surface area contributed by atoms with Crippen molar-refractivity contribution in [2.24, 2.45) is 0 Å². The highest BCUT2D eigenvalue weighted by atomic mass is 35.5. The van der Waals surface area contributed by atoms with E-state index in [1.54, 1.807) is 13.8 Å². The molecule has 0 atom stereocenters. The lowest BCUT2D eigenvalue weighted by molar-refractivity contribution is 0.338. The number of hydrogen-bond acceptors (Lipinski definition) is 4. The van der Waals surface area contributed by atoms with Crippen LogP contribution in [0.5, 0.6) is 5.75 Å². The Balaban J connectivity index is 1.88. The highest BCUT2D eigenvalue weighted by Gasteiger charge is 2.36. The van der Waals surface area contributed by atoms with Gasteiger partial charge >= 0.3 is 0 Å². The minimum absolute atomic E-state index is 0.264. The van der Waals surface area contributed by atoms with Gasteiger partial charge in [0.15, 0.2) is 0 Å². The van der Waals surface area contributed by atoms with Gasteiger partial charge in [-0.25, -0.2) is 13.1 Å². The van der Waals surface area contributed by atoms with Crippen LogP contribution in [-0.4, -0.2) is 34.4 Å². The summed E-state index contributed by atoms with van der Waals surface area (Å²) in [6.07, 6.45) is 0. The van der Waals surface area contributed by atoms with Crippen LogP contribution in [0.25, 0.3) is 16.9 Å². The fourth-order valence-electron chi connectivity index (χ4n) is 3.65. The standard InChI is InChI=1S/C22H24ClN3O3S/c1-4-29-21-8-6-5-7-20(21)26-22(16-9-11-17(23)12-10-16)18-13-25(14-19(18)24-26)30(27,28)15(2)3/h5-12,15H,4,13-14H2,1-3H3. The molecule has 0 bridgehead atoms. The van der Waals surface area contributed by atoms with E-state index in [1.807, 2.05) is 60.1 Å². The maximum absolute atomic E-state index is 12.7. The van der Waals surface area contributed by atoms with Crippen LogP contribution in [0.3, 0.4) is 0 Å². The molecule has 30 heavy (non-hydrogen) atoms. The Bertz CT molecular complexity index is 1170. The molecule has 2 aromatic carbocycles. The van der Waals surface area contributed by atoms with E-state index in [1.165, 1.54) is 4.31 Å². The first-order chi connectivity index (χ1) is 14.3. The van der Waals surface area contributed by atoms with Crippen molar-refractivity contribution in [2.75, 3.05) is 6.61 Å². The average molecular weight is 446 g/mol. The summed E-state index contributed by atoms with van der Waals surface area (Å²) in [5.74, 6) is 0.725. The molecule has 0 saturated heterocycles. The number of rotatable bonds is 6. The number of sulfonamides is 1. The van der Waals surface area contributed by atoms with Gasteiger partial charge < -0.3 is 4.74 Å². The summed E-state index contributed by atoms with van der Waals surface area (Å²) in [5.41, 5.74) is 4.26. The number of nitrogens with zero attached hydrogens (tertiary/aromatic N) is 3. The lowest BCUT2D eigenvalue weighted by Gasteiger charge is -2.20. The molecule has 0 unspecified atom stereocenters. The van der Waals surface area contributed by atoms with Gasteiger partial charge in [-0.05, 0) is 45.0 Å². The van der Waals surface area contributed by atoms with Crippen molar-refractivity contribution in [1.82, 2.24) is 14.1 Å². The number of para-hydroxylation sites is 2.